The van der Waals surface area contributed by atoms with Crippen LogP contribution in [0.1, 0.15) is 25.0 Å². The van der Waals surface area contributed by atoms with Gasteiger partial charge in [0.2, 0.25) is 5.43 Å². The molecule has 0 amide bonds. The summed E-state index contributed by atoms with van der Waals surface area (Å²) in [5.41, 5.74) is 4.01. The third-order valence-corrected chi connectivity index (χ3v) is 7.29. The van der Waals surface area contributed by atoms with Crippen molar-refractivity contribution < 1.29 is 19.0 Å². The van der Waals surface area contributed by atoms with Gasteiger partial charge in [-0.3, -0.25) is 9.78 Å². The predicted octanol–water partition coefficient (Wildman–Crippen LogP) is 7.58. The number of aryl methyl sites for hydroxylation is 2. The fourth-order valence-electron chi connectivity index (χ4n) is 4.84. The highest BCUT2D eigenvalue weighted by Gasteiger charge is 2.16. The molecule has 0 atom stereocenters. The molecule has 44 heavy (non-hydrogen) atoms. The first-order valence-corrected chi connectivity index (χ1v) is 14.1. The highest BCUT2D eigenvalue weighted by Crippen LogP contribution is 2.34. The Bertz CT molecular complexity index is 2090. The second kappa shape index (κ2) is 11.4. The van der Waals surface area contributed by atoms with E-state index in [4.69, 9.17) is 9.47 Å². The van der Waals surface area contributed by atoms with Crippen molar-refractivity contribution in [3.05, 3.63) is 112 Å². The van der Waals surface area contributed by atoms with Gasteiger partial charge in [-0.1, -0.05) is 18.2 Å². The molecule has 0 fully saturated rings. The molecule has 3 N–H and O–H groups in total. The highest BCUT2D eigenvalue weighted by atomic mass is 19.1. The van der Waals surface area contributed by atoms with Crippen molar-refractivity contribution >= 4 is 33.3 Å². The SMILES string of the molecule is Cc1ccc(-c2c[nH]c3ccnc(Nc4ccc(Oc5ccnc6cc(OCC(C)(C)O)ccc56)c(F)c4)c3c2=O)cc1C. The Morgan fingerprint density at radius 1 is 0.932 bits per heavy atom. The Balaban J connectivity index is 1.27. The lowest BCUT2D eigenvalue weighted by Crippen LogP contribution is -2.27. The Labute approximate surface area is 253 Å². The average molecular weight is 591 g/mol. The molecular formula is C35H31FN4O4. The van der Waals surface area contributed by atoms with Gasteiger partial charge in [0, 0.05) is 47.4 Å². The van der Waals surface area contributed by atoms with Crippen molar-refractivity contribution in [1.82, 2.24) is 15.0 Å². The number of benzene rings is 3. The quantitative estimate of drug-likeness (QED) is 0.168. The third-order valence-electron chi connectivity index (χ3n) is 7.29. The fourth-order valence-corrected chi connectivity index (χ4v) is 4.84. The first-order chi connectivity index (χ1) is 21.1. The number of halogens is 1. The third kappa shape index (κ3) is 5.95. The van der Waals surface area contributed by atoms with Crippen LogP contribution in [-0.4, -0.2) is 32.3 Å². The van der Waals surface area contributed by atoms with Crippen LogP contribution >= 0.6 is 0 Å². The predicted molar refractivity (Wildman–Crippen MR) is 171 cm³/mol. The molecule has 0 bridgehead atoms. The molecule has 0 aliphatic carbocycles. The Morgan fingerprint density at radius 3 is 2.52 bits per heavy atom. The molecule has 0 unspecified atom stereocenters. The van der Waals surface area contributed by atoms with Crippen LogP contribution in [0.25, 0.3) is 32.9 Å². The van der Waals surface area contributed by atoms with E-state index < -0.39 is 11.4 Å². The molecule has 0 spiro atoms. The lowest BCUT2D eigenvalue weighted by molar-refractivity contribution is 0.0285. The van der Waals surface area contributed by atoms with Crippen LogP contribution in [0.4, 0.5) is 15.9 Å². The zero-order chi connectivity index (χ0) is 31.0. The van der Waals surface area contributed by atoms with Crippen molar-refractivity contribution in [2.75, 3.05) is 11.9 Å². The number of anilines is 2. The van der Waals surface area contributed by atoms with Gasteiger partial charge >= 0.3 is 0 Å². The smallest absolute Gasteiger partial charge is 0.200 e. The van der Waals surface area contributed by atoms with Crippen LogP contribution < -0.4 is 20.2 Å². The van der Waals surface area contributed by atoms with E-state index >= 15 is 4.39 Å². The number of fused-ring (bicyclic) bond motifs is 2. The summed E-state index contributed by atoms with van der Waals surface area (Å²) in [7, 11) is 0. The number of ether oxygens (including phenoxy) is 2. The molecule has 6 aromatic rings. The Kier molecular flexibility index (Phi) is 7.48. The minimum Gasteiger partial charge on any atom is -0.491 e. The number of aromatic nitrogens is 3. The second-order valence-corrected chi connectivity index (χ2v) is 11.4. The summed E-state index contributed by atoms with van der Waals surface area (Å²) in [6.45, 7) is 7.48. The van der Waals surface area contributed by atoms with E-state index in [1.807, 2.05) is 32.0 Å². The first kappa shape index (κ1) is 28.8. The summed E-state index contributed by atoms with van der Waals surface area (Å²) in [6.07, 6.45) is 4.86. The van der Waals surface area contributed by atoms with E-state index in [-0.39, 0.29) is 17.8 Å². The van der Waals surface area contributed by atoms with Crippen LogP contribution in [0.3, 0.4) is 0 Å². The monoisotopic (exact) mass is 590 g/mol. The number of aromatic amines is 1. The summed E-state index contributed by atoms with van der Waals surface area (Å²) in [6, 6.07) is 19.0. The van der Waals surface area contributed by atoms with Gasteiger partial charge in [-0.05, 0) is 80.8 Å². The minimum absolute atomic E-state index is 0.0196. The molecule has 3 aromatic carbocycles. The van der Waals surface area contributed by atoms with Crippen molar-refractivity contribution in [3.8, 4) is 28.4 Å². The van der Waals surface area contributed by atoms with Crippen LogP contribution in [0.5, 0.6) is 17.2 Å². The Hall–Kier alpha value is -5.28. The number of H-pyrrole nitrogens is 1. The maximum atomic E-state index is 15.4. The second-order valence-electron chi connectivity index (χ2n) is 11.4. The van der Waals surface area contributed by atoms with E-state index in [1.165, 1.54) is 12.1 Å². The van der Waals surface area contributed by atoms with Gasteiger partial charge < -0.3 is 24.9 Å². The number of hydrogen-bond donors (Lipinski definition) is 3. The van der Waals surface area contributed by atoms with Crippen molar-refractivity contribution in [1.29, 1.82) is 0 Å². The minimum atomic E-state index is -0.977. The van der Waals surface area contributed by atoms with Gasteiger partial charge in [-0.15, -0.1) is 0 Å². The zero-order valence-corrected chi connectivity index (χ0v) is 24.7. The molecule has 3 heterocycles. The number of pyridine rings is 3. The molecule has 0 radical (unpaired) electrons. The molecule has 6 rings (SSSR count). The van der Waals surface area contributed by atoms with Crippen molar-refractivity contribution in [2.45, 2.75) is 33.3 Å². The molecule has 3 aromatic heterocycles. The summed E-state index contributed by atoms with van der Waals surface area (Å²) in [5.74, 6) is 0.698. The maximum Gasteiger partial charge on any atom is 0.200 e. The van der Waals surface area contributed by atoms with Crippen molar-refractivity contribution in [2.24, 2.45) is 0 Å². The van der Waals surface area contributed by atoms with Crippen molar-refractivity contribution in [3.63, 3.8) is 0 Å². The highest BCUT2D eigenvalue weighted by molar-refractivity contribution is 5.93. The van der Waals surface area contributed by atoms with Crippen LogP contribution in [-0.2, 0) is 0 Å². The molecular weight excluding hydrogens is 559 g/mol. The molecule has 0 aliphatic rings. The van der Waals surface area contributed by atoms with Gasteiger partial charge in [-0.2, -0.15) is 0 Å². The Morgan fingerprint density at radius 2 is 1.75 bits per heavy atom. The summed E-state index contributed by atoms with van der Waals surface area (Å²) >= 11 is 0. The van der Waals surface area contributed by atoms with Crippen LogP contribution in [0.2, 0.25) is 0 Å². The number of rotatable bonds is 8. The lowest BCUT2D eigenvalue weighted by Gasteiger charge is -2.18. The topological polar surface area (TPSA) is 109 Å². The van der Waals surface area contributed by atoms with Gasteiger partial charge in [0.25, 0.3) is 0 Å². The summed E-state index contributed by atoms with van der Waals surface area (Å²) < 4.78 is 27.0. The van der Waals surface area contributed by atoms with Gasteiger partial charge in [0.1, 0.15) is 23.9 Å². The van der Waals surface area contributed by atoms with Gasteiger partial charge in [0.05, 0.1) is 22.0 Å². The fraction of sp³-hybridized carbons (Fsp3) is 0.171. The molecule has 0 saturated heterocycles. The first-order valence-electron chi connectivity index (χ1n) is 14.1. The lowest BCUT2D eigenvalue weighted by atomic mass is 10.0. The average Bonchev–Trinajstić information content (AvgIpc) is 2.99. The van der Waals surface area contributed by atoms with Gasteiger partial charge in [0.15, 0.2) is 11.6 Å². The molecule has 0 saturated carbocycles. The molecule has 8 nitrogen and oxygen atoms in total. The van der Waals surface area contributed by atoms with E-state index in [2.05, 4.69) is 20.3 Å². The summed E-state index contributed by atoms with van der Waals surface area (Å²) in [5, 5.41) is 14.1. The maximum absolute atomic E-state index is 15.4. The van der Waals surface area contributed by atoms with E-state index in [0.29, 0.717) is 50.4 Å². The van der Waals surface area contributed by atoms with E-state index in [1.54, 1.807) is 68.8 Å². The number of nitrogens with zero attached hydrogens (tertiary/aromatic N) is 2. The standard InChI is InChI=1S/C35H31FN4O4/c1-20-5-6-22(15-21(20)2)26-18-39-28-11-13-38-34(32(28)33(26)41)40-23-7-10-31(27(36)16-23)44-30-12-14-37-29-17-24(8-9-25(29)30)43-19-35(3,4)42/h5-18,42H,19H2,1-4H3,(H,38,40)(H,39,41). The van der Waals surface area contributed by atoms with Gasteiger partial charge in [-0.25, -0.2) is 9.37 Å². The number of hydrogen-bond acceptors (Lipinski definition) is 7. The van der Waals surface area contributed by atoms with E-state index in [0.717, 1.165) is 16.7 Å². The summed E-state index contributed by atoms with van der Waals surface area (Å²) in [4.78, 5) is 25.6. The number of aliphatic hydroxyl groups is 1. The molecule has 0 aliphatic heterocycles. The zero-order valence-electron chi connectivity index (χ0n) is 24.7. The number of nitrogens with one attached hydrogen (secondary N) is 2. The molecule has 9 heteroatoms. The van der Waals surface area contributed by atoms with Crippen LogP contribution in [0, 0.1) is 19.7 Å². The molecule has 222 valence electrons. The normalized spacial score (nSPS) is 11.6. The van der Waals surface area contributed by atoms with E-state index in [9.17, 15) is 9.90 Å². The largest absolute Gasteiger partial charge is 0.491 e. The van der Waals surface area contributed by atoms with Crippen LogP contribution in [0.15, 0.2) is 90.1 Å².